The molecule has 98 valence electrons. The van der Waals surface area contributed by atoms with Gasteiger partial charge in [0.15, 0.2) is 0 Å². The molecule has 2 amide bonds. The molecule has 18 heavy (non-hydrogen) atoms. The Labute approximate surface area is 106 Å². The van der Waals surface area contributed by atoms with Crippen molar-refractivity contribution < 1.29 is 14.8 Å². The number of hydrogen-bond acceptors (Lipinski definition) is 3. The smallest absolute Gasteiger partial charge is 0.265 e. The zero-order valence-electron chi connectivity index (χ0n) is 10.5. The Kier molecular flexibility index (Phi) is 5.32. The molecule has 0 fully saturated rings. The first kappa shape index (κ1) is 14.2. The van der Waals surface area contributed by atoms with Crippen molar-refractivity contribution in [1.29, 1.82) is 0 Å². The van der Waals surface area contributed by atoms with E-state index < -0.39 is 11.9 Å². The van der Waals surface area contributed by atoms with Crippen LogP contribution >= 0.6 is 0 Å². The molecule has 0 spiro atoms. The van der Waals surface area contributed by atoms with Crippen LogP contribution in [0.2, 0.25) is 0 Å². The van der Waals surface area contributed by atoms with Gasteiger partial charge in [0.2, 0.25) is 0 Å². The van der Waals surface area contributed by atoms with E-state index in [0.29, 0.717) is 12.0 Å². The molecule has 0 aliphatic carbocycles. The maximum Gasteiger partial charge on any atom is 0.265 e. The van der Waals surface area contributed by atoms with Crippen LogP contribution in [0.15, 0.2) is 30.3 Å². The Morgan fingerprint density at radius 3 is 2.33 bits per heavy atom. The van der Waals surface area contributed by atoms with Crippen molar-refractivity contribution in [2.24, 2.45) is 5.92 Å². The Balaban J connectivity index is 2.71. The number of rotatable bonds is 5. The minimum Gasteiger partial charge on any atom is -0.340 e. The minimum absolute atomic E-state index is 0.225. The molecule has 1 rings (SSSR count). The van der Waals surface area contributed by atoms with E-state index in [2.05, 4.69) is 5.32 Å². The summed E-state index contributed by atoms with van der Waals surface area (Å²) in [7, 11) is 0. The van der Waals surface area contributed by atoms with Gasteiger partial charge < -0.3 is 5.32 Å². The van der Waals surface area contributed by atoms with Crippen LogP contribution in [0.3, 0.4) is 0 Å². The van der Waals surface area contributed by atoms with E-state index in [1.807, 2.05) is 19.9 Å². The van der Waals surface area contributed by atoms with Gasteiger partial charge in [0, 0.05) is 5.56 Å². The van der Waals surface area contributed by atoms with Crippen molar-refractivity contribution in [1.82, 2.24) is 10.8 Å². The van der Waals surface area contributed by atoms with Crippen LogP contribution in [0.5, 0.6) is 0 Å². The predicted octanol–water partition coefficient (Wildman–Crippen LogP) is 1.34. The molecule has 0 aromatic heterocycles. The van der Waals surface area contributed by atoms with Gasteiger partial charge in [0.25, 0.3) is 11.8 Å². The molecule has 5 heteroatoms. The van der Waals surface area contributed by atoms with E-state index in [0.717, 1.165) is 0 Å². The Bertz CT molecular complexity index is 404. The second-order valence-corrected chi connectivity index (χ2v) is 4.50. The summed E-state index contributed by atoms with van der Waals surface area (Å²) >= 11 is 0. The first-order valence-corrected chi connectivity index (χ1v) is 5.84. The largest absolute Gasteiger partial charge is 0.340 e. The number of carbonyl (C=O) groups is 2. The van der Waals surface area contributed by atoms with Gasteiger partial charge in [-0.15, -0.1) is 0 Å². The standard InChI is InChI=1S/C13H18N2O3/c1-9(2)8-11(13(17)15-18)14-12(16)10-6-4-3-5-7-10/h3-7,9,11,18H,8H2,1-2H3,(H,14,16)(H,15,17). The maximum absolute atomic E-state index is 11.9. The van der Waals surface area contributed by atoms with Crippen molar-refractivity contribution in [3.63, 3.8) is 0 Å². The van der Waals surface area contributed by atoms with E-state index in [-0.39, 0.29) is 11.8 Å². The molecular weight excluding hydrogens is 232 g/mol. The van der Waals surface area contributed by atoms with E-state index in [4.69, 9.17) is 5.21 Å². The summed E-state index contributed by atoms with van der Waals surface area (Å²) in [5, 5.41) is 11.3. The van der Waals surface area contributed by atoms with Gasteiger partial charge in [-0.2, -0.15) is 0 Å². The Morgan fingerprint density at radius 1 is 1.22 bits per heavy atom. The lowest BCUT2D eigenvalue weighted by atomic mass is 10.0. The number of hydrogen-bond donors (Lipinski definition) is 3. The molecule has 5 nitrogen and oxygen atoms in total. The molecule has 0 saturated heterocycles. The molecule has 0 aliphatic heterocycles. The highest BCUT2D eigenvalue weighted by Crippen LogP contribution is 2.06. The zero-order valence-corrected chi connectivity index (χ0v) is 10.5. The summed E-state index contributed by atoms with van der Waals surface area (Å²) in [5.41, 5.74) is 2.06. The highest BCUT2D eigenvalue weighted by Gasteiger charge is 2.21. The van der Waals surface area contributed by atoms with E-state index >= 15 is 0 Å². The van der Waals surface area contributed by atoms with Crippen LogP contribution in [0.4, 0.5) is 0 Å². The predicted molar refractivity (Wildman–Crippen MR) is 67.1 cm³/mol. The van der Waals surface area contributed by atoms with E-state index in [9.17, 15) is 9.59 Å². The highest BCUT2D eigenvalue weighted by atomic mass is 16.5. The van der Waals surface area contributed by atoms with Crippen molar-refractivity contribution >= 4 is 11.8 Å². The first-order chi connectivity index (χ1) is 8.54. The lowest BCUT2D eigenvalue weighted by molar-refractivity contribution is -0.131. The molecule has 1 unspecified atom stereocenters. The van der Waals surface area contributed by atoms with Crippen LogP contribution in [-0.4, -0.2) is 23.1 Å². The summed E-state index contributed by atoms with van der Waals surface area (Å²) < 4.78 is 0. The van der Waals surface area contributed by atoms with Crippen LogP contribution in [0.1, 0.15) is 30.6 Å². The molecule has 1 aromatic carbocycles. The number of carbonyl (C=O) groups excluding carboxylic acids is 2. The molecule has 0 bridgehead atoms. The molecule has 1 aromatic rings. The Hall–Kier alpha value is -1.88. The molecule has 1 atom stereocenters. The zero-order chi connectivity index (χ0) is 13.5. The summed E-state index contributed by atoms with van der Waals surface area (Å²) in [6.07, 6.45) is 0.463. The summed E-state index contributed by atoms with van der Waals surface area (Å²) in [6.45, 7) is 3.87. The fourth-order valence-corrected chi connectivity index (χ4v) is 1.61. The topological polar surface area (TPSA) is 78.4 Å². The number of nitrogens with one attached hydrogen (secondary N) is 2. The van der Waals surface area contributed by atoms with Crippen LogP contribution in [0, 0.1) is 5.92 Å². The van der Waals surface area contributed by atoms with Gasteiger partial charge in [-0.1, -0.05) is 32.0 Å². The first-order valence-electron chi connectivity index (χ1n) is 5.84. The third-order valence-electron chi connectivity index (χ3n) is 2.48. The van der Waals surface area contributed by atoms with Gasteiger partial charge in [0.05, 0.1) is 0 Å². The molecule has 3 N–H and O–H groups in total. The fourth-order valence-electron chi connectivity index (χ4n) is 1.61. The molecule has 0 aliphatic rings. The van der Waals surface area contributed by atoms with E-state index in [1.165, 1.54) is 0 Å². The van der Waals surface area contributed by atoms with Crippen LogP contribution in [0.25, 0.3) is 0 Å². The van der Waals surface area contributed by atoms with E-state index in [1.54, 1.807) is 29.7 Å². The lowest BCUT2D eigenvalue weighted by Crippen LogP contribution is -2.46. The maximum atomic E-state index is 11.9. The van der Waals surface area contributed by atoms with Gasteiger partial charge in [-0.3, -0.25) is 14.8 Å². The molecular formula is C13H18N2O3. The lowest BCUT2D eigenvalue weighted by Gasteiger charge is -2.18. The highest BCUT2D eigenvalue weighted by molar-refractivity contribution is 5.97. The van der Waals surface area contributed by atoms with Crippen molar-refractivity contribution in [3.05, 3.63) is 35.9 Å². The average molecular weight is 250 g/mol. The third-order valence-corrected chi connectivity index (χ3v) is 2.48. The normalized spacial score (nSPS) is 12.0. The second kappa shape index (κ2) is 6.76. The minimum atomic E-state index is -0.734. The molecule has 0 saturated carbocycles. The number of amides is 2. The van der Waals surface area contributed by atoms with Gasteiger partial charge >= 0.3 is 0 Å². The quantitative estimate of drug-likeness (QED) is 0.545. The summed E-state index contributed by atoms with van der Waals surface area (Å²) in [4.78, 5) is 23.3. The van der Waals surface area contributed by atoms with Crippen molar-refractivity contribution in [2.75, 3.05) is 0 Å². The third kappa shape index (κ3) is 4.18. The fraction of sp³-hybridized carbons (Fsp3) is 0.385. The van der Waals surface area contributed by atoms with Gasteiger partial charge in [-0.25, -0.2) is 5.48 Å². The summed E-state index contributed by atoms with van der Waals surface area (Å²) in [6, 6.07) is 7.90. The number of benzene rings is 1. The molecule has 0 heterocycles. The van der Waals surface area contributed by atoms with Crippen LogP contribution in [-0.2, 0) is 4.79 Å². The van der Waals surface area contributed by atoms with Gasteiger partial charge in [0.1, 0.15) is 6.04 Å². The van der Waals surface area contributed by atoms with Crippen molar-refractivity contribution in [3.8, 4) is 0 Å². The molecule has 0 radical (unpaired) electrons. The van der Waals surface area contributed by atoms with Crippen LogP contribution < -0.4 is 10.8 Å². The second-order valence-electron chi connectivity index (χ2n) is 4.50. The average Bonchev–Trinajstić information content (AvgIpc) is 2.37. The monoisotopic (exact) mass is 250 g/mol. The number of hydroxylamine groups is 1. The SMILES string of the molecule is CC(C)CC(NC(=O)c1ccccc1)C(=O)NO. The van der Waals surface area contributed by atoms with Gasteiger partial charge in [-0.05, 0) is 24.5 Å². The summed E-state index contributed by atoms with van der Waals surface area (Å²) in [5.74, 6) is -0.707. The van der Waals surface area contributed by atoms with Crippen molar-refractivity contribution in [2.45, 2.75) is 26.3 Å². The Morgan fingerprint density at radius 2 is 1.83 bits per heavy atom.